The monoisotopic (exact) mass is 294 g/mol. The molecule has 0 aliphatic carbocycles. The van der Waals surface area contributed by atoms with Crippen LogP contribution in [0.15, 0.2) is 42.7 Å². The first-order valence-corrected chi connectivity index (χ1v) is 7.37. The quantitative estimate of drug-likeness (QED) is 0.800. The van der Waals surface area contributed by atoms with Crippen LogP contribution in [0.1, 0.15) is 33.3 Å². The van der Waals surface area contributed by atoms with Crippen molar-refractivity contribution in [2.75, 3.05) is 0 Å². The Bertz CT molecular complexity index is 714. The Balaban J connectivity index is 1.96. The maximum absolute atomic E-state index is 9.44. The number of nitrogens with zero attached hydrogens (tertiary/aromatic N) is 2. The van der Waals surface area contributed by atoms with Crippen molar-refractivity contribution in [1.29, 1.82) is 5.26 Å². The second kappa shape index (κ2) is 5.01. The van der Waals surface area contributed by atoms with Crippen molar-refractivity contribution in [1.82, 2.24) is 4.57 Å². The Morgan fingerprint density at radius 3 is 2.18 bits per heavy atom. The van der Waals surface area contributed by atoms with Crippen LogP contribution < -0.4 is 5.46 Å². The van der Waals surface area contributed by atoms with E-state index in [0.717, 1.165) is 11.2 Å². The van der Waals surface area contributed by atoms with Crippen LogP contribution in [0.3, 0.4) is 0 Å². The molecule has 1 aliphatic rings. The molecule has 22 heavy (non-hydrogen) atoms. The zero-order valence-electron chi connectivity index (χ0n) is 13.3. The summed E-state index contributed by atoms with van der Waals surface area (Å²) in [7, 11) is -0.448. The first-order chi connectivity index (χ1) is 10.3. The lowest BCUT2D eigenvalue weighted by atomic mass is 9.78. The maximum Gasteiger partial charge on any atom is 0.494 e. The highest BCUT2D eigenvalue weighted by molar-refractivity contribution is 6.62. The molecule has 0 atom stereocenters. The summed E-state index contributed by atoms with van der Waals surface area (Å²) < 4.78 is 14.0. The van der Waals surface area contributed by atoms with Crippen molar-refractivity contribution >= 4 is 12.6 Å². The van der Waals surface area contributed by atoms with Crippen LogP contribution in [0.4, 0.5) is 0 Å². The summed E-state index contributed by atoms with van der Waals surface area (Å²) in [6, 6.07) is 11.9. The molecule has 0 amide bonds. The van der Waals surface area contributed by atoms with Gasteiger partial charge in [0.2, 0.25) is 0 Å². The molecule has 1 fully saturated rings. The van der Waals surface area contributed by atoms with E-state index in [9.17, 15) is 5.26 Å². The van der Waals surface area contributed by atoms with Gasteiger partial charge in [-0.15, -0.1) is 0 Å². The molecule has 2 heterocycles. The summed E-state index contributed by atoms with van der Waals surface area (Å²) in [5.41, 5.74) is 1.55. The highest BCUT2D eigenvalue weighted by Crippen LogP contribution is 2.36. The maximum atomic E-state index is 9.44. The van der Waals surface area contributed by atoms with Crippen LogP contribution in [0.25, 0.3) is 5.69 Å². The zero-order chi connectivity index (χ0) is 16.0. The molecule has 0 bridgehead atoms. The normalized spacial score (nSPS) is 19.1. The third-order valence-electron chi connectivity index (χ3n) is 4.55. The SMILES string of the molecule is CC1(C)OB(c2ccc(-n3cccc3)c(C#N)c2)OC1(C)C. The van der Waals surface area contributed by atoms with E-state index in [0.29, 0.717) is 5.56 Å². The largest absolute Gasteiger partial charge is 0.494 e. The molecular formula is C17H19BN2O2. The summed E-state index contributed by atoms with van der Waals surface area (Å²) in [5.74, 6) is 0. The van der Waals surface area contributed by atoms with Gasteiger partial charge in [0.25, 0.3) is 0 Å². The van der Waals surface area contributed by atoms with Gasteiger partial charge >= 0.3 is 7.12 Å². The summed E-state index contributed by atoms with van der Waals surface area (Å²) in [6.45, 7) is 8.08. The van der Waals surface area contributed by atoms with Crippen LogP contribution >= 0.6 is 0 Å². The Kier molecular flexibility index (Phi) is 3.39. The van der Waals surface area contributed by atoms with E-state index in [-0.39, 0.29) is 11.2 Å². The molecule has 112 valence electrons. The Labute approximate surface area is 131 Å². The minimum Gasteiger partial charge on any atom is -0.399 e. The Morgan fingerprint density at radius 2 is 1.64 bits per heavy atom. The van der Waals surface area contributed by atoms with Crippen LogP contribution in [0.2, 0.25) is 0 Å². The third kappa shape index (κ3) is 2.35. The molecule has 0 N–H and O–H groups in total. The smallest absolute Gasteiger partial charge is 0.399 e. The molecule has 1 aromatic carbocycles. The van der Waals surface area contributed by atoms with Crippen LogP contribution in [-0.4, -0.2) is 22.9 Å². The highest BCUT2D eigenvalue weighted by Gasteiger charge is 2.51. The second-order valence-corrected chi connectivity index (χ2v) is 6.57. The topological polar surface area (TPSA) is 47.2 Å². The van der Waals surface area contributed by atoms with Crippen LogP contribution in [0.5, 0.6) is 0 Å². The van der Waals surface area contributed by atoms with Crippen LogP contribution in [0, 0.1) is 11.3 Å². The van der Waals surface area contributed by atoms with Crippen LogP contribution in [-0.2, 0) is 9.31 Å². The van der Waals surface area contributed by atoms with Crippen molar-refractivity contribution in [2.45, 2.75) is 38.9 Å². The Hall–Kier alpha value is -2.03. The van der Waals surface area contributed by atoms with Gasteiger partial charge in [0, 0.05) is 12.4 Å². The van der Waals surface area contributed by atoms with E-state index in [1.807, 2.05) is 75.0 Å². The van der Waals surface area contributed by atoms with Crippen molar-refractivity contribution in [3.63, 3.8) is 0 Å². The van der Waals surface area contributed by atoms with Crippen molar-refractivity contribution in [3.05, 3.63) is 48.3 Å². The standard InChI is InChI=1S/C17H19BN2O2/c1-16(2)17(3,4)22-18(21-16)14-7-8-15(13(11-14)12-19)20-9-5-6-10-20/h5-11H,1-4H3. The summed E-state index contributed by atoms with van der Waals surface area (Å²) in [4.78, 5) is 0. The minimum absolute atomic E-state index is 0.385. The lowest BCUT2D eigenvalue weighted by Crippen LogP contribution is -2.41. The molecule has 4 nitrogen and oxygen atoms in total. The number of hydrogen-bond donors (Lipinski definition) is 0. The van der Waals surface area contributed by atoms with Crippen molar-refractivity contribution in [3.8, 4) is 11.8 Å². The van der Waals surface area contributed by atoms with Gasteiger partial charge in [-0.3, -0.25) is 0 Å². The van der Waals surface area contributed by atoms with E-state index in [1.165, 1.54) is 0 Å². The third-order valence-corrected chi connectivity index (χ3v) is 4.55. The molecule has 0 saturated carbocycles. The molecular weight excluding hydrogens is 275 g/mol. The first-order valence-electron chi connectivity index (χ1n) is 7.37. The van der Waals surface area contributed by atoms with E-state index < -0.39 is 7.12 Å². The highest BCUT2D eigenvalue weighted by atomic mass is 16.7. The van der Waals surface area contributed by atoms with Gasteiger partial charge < -0.3 is 13.9 Å². The number of hydrogen-bond acceptors (Lipinski definition) is 3. The van der Waals surface area contributed by atoms with Gasteiger partial charge in [-0.05, 0) is 57.4 Å². The zero-order valence-corrected chi connectivity index (χ0v) is 13.3. The van der Waals surface area contributed by atoms with Crippen molar-refractivity contribution in [2.24, 2.45) is 0 Å². The summed E-state index contributed by atoms with van der Waals surface area (Å²) in [6.07, 6.45) is 3.84. The van der Waals surface area contributed by atoms with Gasteiger partial charge in [-0.1, -0.05) is 6.07 Å². The Morgan fingerprint density at radius 1 is 1.05 bits per heavy atom. The molecule has 1 aliphatic heterocycles. The predicted octanol–water partition coefficient (Wildman–Crippen LogP) is 2.65. The van der Waals surface area contributed by atoms with Gasteiger partial charge in [0.05, 0.1) is 22.5 Å². The van der Waals surface area contributed by atoms with Gasteiger partial charge in [-0.2, -0.15) is 5.26 Å². The van der Waals surface area contributed by atoms with E-state index >= 15 is 0 Å². The van der Waals surface area contributed by atoms with Gasteiger partial charge in [0.1, 0.15) is 6.07 Å². The number of rotatable bonds is 2. The second-order valence-electron chi connectivity index (χ2n) is 6.57. The minimum atomic E-state index is -0.448. The van der Waals surface area contributed by atoms with E-state index in [1.54, 1.807) is 0 Å². The molecule has 1 aromatic heterocycles. The average Bonchev–Trinajstić information content (AvgIpc) is 3.05. The molecule has 5 heteroatoms. The fourth-order valence-corrected chi connectivity index (χ4v) is 2.49. The molecule has 0 unspecified atom stereocenters. The van der Waals surface area contributed by atoms with E-state index in [4.69, 9.17) is 9.31 Å². The lowest BCUT2D eigenvalue weighted by molar-refractivity contribution is 0.00578. The number of nitriles is 1. The molecule has 0 spiro atoms. The lowest BCUT2D eigenvalue weighted by Gasteiger charge is -2.32. The number of benzene rings is 1. The fraction of sp³-hybridized carbons (Fsp3) is 0.353. The predicted molar refractivity (Wildman–Crippen MR) is 86.2 cm³/mol. The molecule has 2 aromatic rings. The fourth-order valence-electron chi connectivity index (χ4n) is 2.49. The van der Waals surface area contributed by atoms with E-state index in [2.05, 4.69) is 6.07 Å². The average molecular weight is 294 g/mol. The first kappa shape index (κ1) is 14.9. The molecule has 0 radical (unpaired) electrons. The molecule has 1 saturated heterocycles. The summed E-state index contributed by atoms with van der Waals surface area (Å²) in [5, 5.41) is 9.44. The van der Waals surface area contributed by atoms with Gasteiger partial charge in [0.15, 0.2) is 0 Å². The number of aromatic nitrogens is 1. The summed E-state index contributed by atoms with van der Waals surface area (Å²) >= 11 is 0. The van der Waals surface area contributed by atoms with Crippen molar-refractivity contribution < 1.29 is 9.31 Å². The molecule has 3 rings (SSSR count). The van der Waals surface area contributed by atoms with Gasteiger partial charge in [-0.25, -0.2) is 0 Å².